The molecule has 2 rings (SSSR count). The Labute approximate surface area is 122 Å². The summed E-state index contributed by atoms with van der Waals surface area (Å²) in [5, 5.41) is 3.77. The number of hydrogen-bond donors (Lipinski definition) is 1. The molecule has 0 bridgehead atoms. The molecule has 0 aliphatic carbocycles. The van der Waals surface area contributed by atoms with Crippen molar-refractivity contribution in [2.24, 2.45) is 5.10 Å². The number of rotatable bonds is 5. The maximum Gasteiger partial charge on any atom is 0.277 e. The number of hydrogen-bond acceptors (Lipinski definition) is 3. The summed E-state index contributed by atoms with van der Waals surface area (Å²) in [7, 11) is 0. The van der Waals surface area contributed by atoms with E-state index in [1.165, 1.54) is 18.3 Å². The summed E-state index contributed by atoms with van der Waals surface area (Å²) < 4.78 is 18.0. The van der Waals surface area contributed by atoms with Gasteiger partial charge in [0.1, 0.15) is 11.6 Å². The molecule has 0 saturated heterocycles. The van der Waals surface area contributed by atoms with Crippen molar-refractivity contribution in [2.45, 2.75) is 6.92 Å². The lowest BCUT2D eigenvalue weighted by atomic mass is 10.2. The maximum atomic E-state index is 12.7. The van der Waals surface area contributed by atoms with Crippen molar-refractivity contribution in [3.63, 3.8) is 0 Å². The Balaban J connectivity index is 1.78. The van der Waals surface area contributed by atoms with Crippen LogP contribution in [0.5, 0.6) is 5.75 Å². The van der Waals surface area contributed by atoms with Crippen LogP contribution in [0.25, 0.3) is 0 Å². The highest BCUT2D eigenvalue weighted by Crippen LogP contribution is 2.11. The first-order valence-corrected chi connectivity index (χ1v) is 6.40. The zero-order valence-electron chi connectivity index (χ0n) is 11.5. The van der Waals surface area contributed by atoms with Gasteiger partial charge < -0.3 is 4.74 Å². The number of nitrogens with one attached hydrogen (secondary N) is 1. The van der Waals surface area contributed by atoms with Crippen molar-refractivity contribution in [3.05, 3.63) is 65.5 Å². The van der Waals surface area contributed by atoms with Gasteiger partial charge in [-0.1, -0.05) is 24.3 Å². The average molecular weight is 286 g/mol. The predicted molar refractivity (Wildman–Crippen MR) is 78.8 cm³/mol. The first-order valence-electron chi connectivity index (χ1n) is 6.40. The molecule has 0 spiro atoms. The van der Waals surface area contributed by atoms with Crippen LogP contribution >= 0.6 is 0 Å². The second-order valence-corrected chi connectivity index (χ2v) is 4.45. The zero-order chi connectivity index (χ0) is 15.1. The van der Waals surface area contributed by atoms with Gasteiger partial charge in [0.05, 0.1) is 6.21 Å². The lowest BCUT2D eigenvalue weighted by molar-refractivity contribution is -0.123. The fourth-order valence-corrected chi connectivity index (χ4v) is 1.61. The van der Waals surface area contributed by atoms with Crippen molar-refractivity contribution >= 4 is 12.1 Å². The Bertz CT molecular complexity index is 639. The van der Waals surface area contributed by atoms with Crippen LogP contribution < -0.4 is 10.2 Å². The molecule has 5 heteroatoms. The van der Waals surface area contributed by atoms with Crippen LogP contribution in [-0.4, -0.2) is 18.7 Å². The minimum absolute atomic E-state index is 0.121. The van der Waals surface area contributed by atoms with Crippen molar-refractivity contribution in [1.29, 1.82) is 0 Å². The van der Waals surface area contributed by atoms with E-state index in [1.54, 1.807) is 18.2 Å². The van der Waals surface area contributed by atoms with E-state index < -0.39 is 0 Å². The second kappa shape index (κ2) is 7.19. The molecule has 0 aliphatic rings. The van der Waals surface area contributed by atoms with Gasteiger partial charge in [-0.15, -0.1) is 0 Å². The van der Waals surface area contributed by atoms with E-state index in [2.05, 4.69) is 10.5 Å². The fraction of sp³-hybridized carbons (Fsp3) is 0.125. The number of aryl methyl sites for hydroxylation is 1. The molecule has 0 aromatic heterocycles. The highest BCUT2D eigenvalue weighted by molar-refractivity contribution is 5.82. The summed E-state index contributed by atoms with van der Waals surface area (Å²) in [6, 6.07) is 13.2. The first kappa shape index (κ1) is 14.7. The van der Waals surface area contributed by atoms with Gasteiger partial charge in [0.15, 0.2) is 6.61 Å². The van der Waals surface area contributed by atoms with Crippen LogP contribution in [0.3, 0.4) is 0 Å². The maximum absolute atomic E-state index is 12.7. The Hall–Kier alpha value is -2.69. The lowest BCUT2D eigenvalue weighted by Gasteiger charge is -2.05. The number of nitrogens with zero attached hydrogens (tertiary/aromatic N) is 1. The van der Waals surface area contributed by atoms with Gasteiger partial charge in [0.25, 0.3) is 5.91 Å². The number of hydrazone groups is 1. The van der Waals surface area contributed by atoms with E-state index in [0.717, 1.165) is 5.56 Å². The molecule has 0 atom stereocenters. The van der Waals surface area contributed by atoms with Crippen molar-refractivity contribution < 1.29 is 13.9 Å². The van der Waals surface area contributed by atoms with Crippen molar-refractivity contribution in [1.82, 2.24) is 5.43 Å². The van der Waals surface area contributed by atoms with Gasteiger partial charge in [-0.2, -0.15) is 5.10 Å². The van der Waals surface area contributed by atoms with Crippen LogP contribution in [-0.2, 0) is 4.79 Å². The Morgan fingerprint density at radius 2 is 2.05 bits per heavy atom. The molecular formula is C16H15FN2O2. The standard InChI is InChI=1S/C16H15FN2O2/c1-12-3-2-4-15(9-12)21-11-16(20)19-18-10-13-5-7-14(17)8-6-13/h2-10H,11H2,1H3,(H,19,20)/b18-10+. The van der Waals surface area contributed by atoms with E-state index in [-0.39, 0.29) is 18.3 Å². The van der Waals surface area contributed by atoms with Crippen LogP contribution in [0.2, 0.25) is 0 Å². The van der Waals surface area contributed by atoms with Gasteiger partial charge in [-0.05, 0) is 42.3 Å². The van der Waals surface area contributed by atoms with Gasteiger partial charge in [0.2, 0.25) is 0 Å². The summed E-state index contributed by atoms with van der Waals surface area (Å²) in [4.78, 5) is 11.5. The molecular weight excluding hydrogens is 271 g/mol. The molecule has 4 nitrogen and oxygen atoms in total. The Kier molecular flexibility index (Phi) is 5.04. The number of halogens is 1. The van der Waals surface area contributed by atoms with Crippen LogP contribution in [0.4, 0.5) is 4.39 Å². The largest absolute Gasteiger partial charge is 0.484 e. The summed E-state index contributed by atoms with van der Waals surface area (Å²) in [5.41, 5.74) is 4.09. The molecule has 108 valence electrons. The molecule has 2 aromatic rings. The molecule has 1 amide bonds. The number of benzene rings is 2. The van der Waals surface area contributed by atoms with Crippen molar-refractivity contribution in [2.75, 3.05) is 6.61 Å². The third kappa shape index (κ3) is 5.06. The molecule has 0 saturated carbocycles. The topological polar surface area (TPSA) is 50.7 Å². The molecule has 0 fully saturated rings. The average Bonchev–Trinajstić information content (AvgIpc) is 2.47. The third-order valence-corrected chi connectivity index (χ3v) is 2.63. The molecule has 0 heterocycles. The molecule has 0 radical (unpaired) electrons. The number of carbonyl (C=O) groups is 1. The minimum atomic E-state index is -0.366. The highest BCUT2D eigenvalue weighted by Gasteiger charge is 2.01. The summed E-state index contributed by atoms with van der Waals surface area (Å²) in [6.45, 7) is 1.82. The molecule has 21 heavy (non-hydrogen) atoms. The highest BCUT2D eigenvalue weighted by atomic mass is 19.1. The molecule has 0 unspecified atom stereocenters. The van der Waals surface area contributed by atoms with Gasteiger partial charge >= 0.3 is 0 Å². The second-order valence-electron chi connectivity index (χ2n) is 4.45. The van der Waals surface area contributed by atoms with Gasteiger partial charge in [-0.3, -0.25) is 4.79 Å². The van der Waals surface area contributed by atoms with Crippen LogP contribution in [0, 0.1) is 12.7 Å². The first-order chi connectivity index (χ1) is 10.1. The van der Waals surface area contributed by atoms with Gasteiger partial charge in [-0.25, -0.2) is 9.82 Å². The quantitative estimate of drug-likeness (QED) is 0.678. The van der Waals surface area contributed by atoms with E-state index in [9.17, 15) is 9.18 Å². The summed E-state index contributed by atoms with van der Waals surface area (Å²) in [5.74, 6) is -0.0507. The SMILES string of the molecule is Cc1cccc(OCC(=O)N/N=C/c2ccc(F)cc2)c1. The smallest absolute Gasteiger partial charge is 0.277 e. The zero-order valence-corrected chi connectivity index (χ0v) is 11.5. The summed E-state index contributed by atoms with van der Waals surface area (Å²) in [6.07, 6.45) is 1.43. The molecule has 2 aromatic carbocycles. The molecule has 0 aliphatic heterocycles. The third-order valence-electron chi connectivity index (χ3n) is 2.63. The number of carbonyl (C=O) groups excluding carboxylic acids is 1. The van der Waals surface area contributed by atoms with Crippen molar-refractivity contribution in [3.8, 4) is 5.75 Å². The van der Waals surface area contributed by atoms with E-state index in [4.69, 9.17) is 4.74 Å². The van der Waals surface area contributed by atoms with E-state index >= 15 is 0 Å². The molecule has 1 N–H and O–H groups in total. The van der Waals surface area contributed by atoms with Crippen LogP contribution in [0.15, 0.2) is 53.6 Å². The fourth-order valence-electron chi connectivity index (χ4n) is 1.61. The van der Waals surface area contributed by atoms with E-state index in [1.807, 2.05) is 25.1 Å². The number of ether oxygens (including phenoxy) is 1. The normalized spacial score (nSPS) is 10.6. The Morgan fingerprint density at radius 1 is 1.29 bits per heavy atom. The van der Waals surface area contributed by atoms with Crippen LogP contribution in [0.1, 0.15) is 11.1 Å². The van der Waals surface area contributed by atoms with E-state index in [0.29, 0.717) is 11.3 Å². The predicted octanol–water partition coefficient (Wildman–Crippen LogP) is 2.66. The Morgan fingerprint density at radius 3 is 2.76 bits per heavy atom. The number of amides is 1. The minimum Gasteiger partial charge on any atom is -0.484 e. The van der Waals surface area contributed by atoms with Gasteiger partial charge in [0, 0.05) is 0 Å². The summed E-state index contributed by atoms with van der Waals surface area (Å²) >= 11 is 0. The monoisotopic (exact) mass is 286 g/mol. The lowest BCUT2D eigenvalue weighted by Crippen LogP contribution is -2.24.